The van der Waals surface area contributed by atoms with E-state index in [1.807, 2.05) is 6.07 Å². The minimum atomic E-state index is 0.387. The summed E-state index contributed by atoms with van der Waals surface area (Å²) in [4.78, 5) is 10.1. The smallest absolute Gasteiger partial charge is 0.0669 e. The molecule has 0 amide bonds. The molecule has 0 heterocycles. The van der Waals surface area contributed by atoms with Crippen LogP contribution in [0, 0.1) is 16.2 Å². The number of anilines is 1. The SMILES string of the molecule is CN(N=O)c1ccc(CC#N)cc1. The fourth-order valence-corrected chi connectivity index (χ4v) is 0.968. The molecule has 0 aliphatic rings. The molecule has 0 fully saturated rings. The standard InChI is InChI=1S/C9H9N3O/c1-12(11-13)9-4-2-8(3-5-9)6-7-10/h2-5H,6H2,1H3. The molecule has 0 saturated carbocycles. The van der Waals surface area contributed by atoms with Crippen molar-refractivity contribution < 1.29 is 0 Å². The van der Waals surface area contributed by atoms with Gasteiger partial charge in [-0.3, -0.25) is 0 Å². The molecule has 1 aromatic carbocycles. The van der Waals surface area contributed by atoms with Gasteiger partial charge in [-0.2, -0.15) is 5.26 Å². The first-order valence-corrected chi connectivity index (χ1v) is 3.81. The van der Waals surface area contributed by atoms with Crippen molar-refractivity contribution in [3.05, 3.63) is 34.7 Å². The molecule has 4 nitrogen and oxygen atoms in total. The lowest BCUT2D eigenvalue weighted by Crippen LogP contribution is -2.06. The van der Waals surface area contributed by atoms with E-state index in [0.717, 1.165) is 11.3 Å². The summed E-state index contributed by atoms with van der Waals surface area (Å²) in [5.74, 6) is 0. The Hall–Kier alpha value is -1.89. The maximum Gasteiger partial charge on any atom is 0.0669 e. The highest BCUT2D eigenvalue weighted by atomic mass is 16.3. The second kappa shape index (κ2) is 4.21. The van der Waals surface area contributed by atoms with Gasteiger partial charge in [-0.15, -0.1) is 4.91 Å². The normalized spacial score (nSPS) is 8.92. The van der Waals surface area contributed by atoms with Gasteiger partial charge in [0.25, 0.3) is 0 Å². The molecule has 0 bridgehead atoms. The van der Waals surface area contributed by atoms with E-state index in [1.54, 1.807) is 31.3 Å². The molecule has 0 saturated heterocycles. The van der Waals surface area contributed by atoms with Gasteiger partial charge < -0.3 is 0 Å². The first kappa shape index (κ1) is 9.20. The lowest BCUT2D eigenvalue weighted by atomic mass is 10.1. The van der Waals surface area contributed by atoms with Gasteiger partial charge in [0.05, 0.1) is 23.5 Å². The number of nitriles is 1. The number of hydrogen-bond donors (Lipinski definition) is 0. The van der Waals surface area contributed by atoms with Crippen molar-refractivity contribution in [1.29, 1.82) is 5.26 Å². The second-order valence-corrected chi connectivity index (χ2v) is 2.61. The van der Waals surface area contributed by atoms with Crippen molar-refractivity contribution in [2.45, 2.75) is 6.42 Å². The van der Waals surface area contributed by atoms with Gasteiger partial charge in [0.15, 0.2) is 0 Å². The molecule has 0 aromatic heterocycles. The highest BCUT2D eigenvalue weighted by Crippen LogP contribution is 2.13. The summed E-state index contributed by atoms with van der Waals surface area (Å²) in [7, 11) is 1.58. The first-order valence-electron chi connectivity index (χ1n) is 3.81. The third kappa shape index (κ3) is 2.27. The van der Waals surface area contributed by atoms with E-state index in [9.17, 15) is 4.91 Å². The van der Waals surface area contributed by atoms with Gasteiger partial charge in [0.1, 0.15) is 0 Å². The Balaban J connectivity index is 2.82. The summed E-state index contributed by atoms with van der Waals surface area (Å²) in [5.41, 5.74) is 1.65. The average Bonchev–Trinajstić information content (AvgIpc) is 2.18. The molecular weight excluding hydrogens is 166 g/mol. The van der Waals surface area contributed by atoms with Crippen LogP contribution in [0.25, 0.3) is 0 Å². The van der Waals surface area contributed by atoms with Crippen molar-refractivity contribution in [2.24, 2.45) is 5.29 Å². The van der Waals surface area contributed by atoms with Crippen molar-refractivity contribution in [3.63, 3.8) is 0 Å². The molecule has 66 valence electrons. The molecule has 1 rings (SSSR count). The van der Waals surface area contributed by atoms with Gasteiger partial charge in [-0.1, -0.05) is 12.1 Å². The number of rotatable bonds is 3. The zero-order chi connectivity index (χ0) is 9.68. The largest absolute Gasteiger partial charge is 0.232 e. The van der Waals surface area contributed by atoms with E-state index >= 15 is 0 Å². The maximum atomic E-state index is 10.1. The maximum absolute atomic E-state index is 10.1. The van der Waals surface area contributed by atoms with E-state index in [1.165, 1.54) is 5.01 Å². The molecule has 0 N–H and O–H groups in total. The van der Waals surface area contributed by atoms with Crippen LogP contribution in [0.5, 0.6) is 0 Å². The van der Waals surface area contributed by atoms with Crippen LogP contribution < -0.4 is 5.01 Å². The monoisotopic (exact) mass is 175 g/mol. The minimum absolute atomic E-state index is 0.387. The summed E-state index contributed by atoms with van der Waals surface area (Å²) in [5, 5.41) is 12.4. The van der Waals surface area contributed by atoms with Gasteiger partial charge in [-0.25, -0.2) is 5.01 Å². The van der Waals surface area contributed by atoms with Gasteiger partial charge in [-0.05, 0) is 17.7 Å². The Morgan fingerprint density at radius 3 is 2.54 bits per heavy atom. The van der Waals surface area contributed by atoms with Crippen LogP contribution in [0.15, 0.2) is 29.6 Å². The van der Waals surface area contributed by atoms with E-state index in [2.05, 4.69) is 5.29 Å². The molecule has 1 aromatic rings. The zero-order valence-corrected chi connectivity index (χ0v) is 7.27. The third-order valence-corrected chi connectivity index (χ3v) is 1.72. The van der Waals surface area contributed by atoms with Crippen LogP contribution in [0.4, 0.5) is 5.69 Å². The second-order valence-electron chi connectivity index (χ2n) is 2.61. The minimum Gasteiger partial charge on any atom is -0.232 e. The van der Waals surface area contributed by atoms with E-state index in [4.69, 9.17) is 5.26 Å². The summed E-state index contributed by atoms with van der Waals surface area (Å²) in [6, 6.07) is 9.18. The zero-order valence-electron chi connectivity index (χ0n) is 7.27. The fourth-order valence-electron chi connectivity index (χ4n) is 0.968. The molecule has 0 radical (unpaired) electrons. The number of hydrogen-bond acceptors (Lipinski definition) is 3. The average molecular weight is 175 g/mol. The van der Waals surface area contributed by atoms with Crippen LogP contribution in [0.2, 0.25) is 0 Å². The molecule has 4 heteroatoms. The predicted molar refractivity (Wildman–Crippen MR) is 50.0 cm³/mol. The summed E-state index contributed by atoms with van der Waals surface area (Å²) in [6.07, 6.45) is 0.387. The van der Waals surface area contributed by atoms with Crippen LogP contribution >= 0.6 is 0 Å². The van der Waals surface area contributed by atoms with Gasteiger partial charge in [0.2, 0.25) is 0 Å². The Morgan fingerprint density at radius 2 is 2.08 bits per heavy atom. The predicted octanol–water partition coefficient (Wildman–Crippen LogP) is 1.87. The van der Waals surface area contributed by atoms with Crippen molar-refractivity contribution >= 4 is 5.69 Å². The van der Waals surface area contributed by atoms with Crippen molar-refractivity contribution in [1.82, 2.24) is 0 Å². The highest BCUT2D eigenvalue weighted by Gasteiger charge is 1.98. The Kier molecular flexibility index (Phi) is 2.98. The van der Waals surface area contributed by atoms with Crippen molar-refractivity contribution in [2.75, 3.05) is 12.1 Å². The topological polar surface area (TPSA) is 56.5 Å². The molecule has 0 unspecified atom stereocenters. The highest BCUT2D eigenvalue weighted by molar-refractivity contribution is 5.46. The molecule has 0 spiro atoms. The summed E-state index contributed by atoms with van der Waals surface area (Å²) < 4.78 is 0. The van der Waals surface area contributed by atoms with E-state index < -0.39 is 0 Å². The first-order chi connectivity index (χ1) is 6.27. The number of benzene rings is 1. The molecule has 13 heavy (non-hydrogen) atoms. The van der Waals surface area contributed by atoms with Gasteiger partial charge >= 0.3 is 0 Å². The third-order valence-electron chi connectivity index (χ3n) is 1.72. The lowest BCUT2D eigenvalue weighted by Gasteiger charge is -2.07. The van der Waals surface area contributed by atoms with E-state index in [0.29, 0.717) is 6.42 Å². The van der Waals surface area contributed by atoms with Crippen LogP contribution in [-0.2, 0) is 6.42 Å². The van der Waals surface area contributed by atoms with E-state index in [-0.39, 0.29) is 0 Å². The number of nitroso groups, excluding NO2 is 1. The number of nitrogens with zero attached hydrogens (tertiary/aromatic N) is 3. The fraction of sp³-hybridized carbons (Fsp3) is 0.222. The lowest BCUT2D eigenvalue weighted by molar-refractivity contribution is 1.00. The quantitative estimate of drug-likeness (QED) is 0.520. The van der Waals surface area contributed by atoms with Crippen LogP contribution in [-0.4, -0.2) is 7.05 Å². The Bertz CT molecular complexity index is 326. The van der Waals surface area contributed by atoms with Crippen LogP contribution in [0.1, 0.15) is 5.56 Å². The summed E-state index contributed by atoms with van der Waals surface area (Å²) in [6.45, 7) is 0. The van der Waals surface area contributed by atoms with Crippen LogP contribution in [0.3, 0.4) is 0 Å². The van der Waals surface area contributed by atoms with Gasteiger partial charge in [0, 0.05) is 7.05 Å². The molecule has 0 aliphatic heterocycles. The Morgan fingerprint density at radius 1 is 1.46 bits per heavy atom. The molecule has 0 aliphatic carbocycles. The summed E-state index contributed by atoms with van der Waals surface area (Å²) >= 11 is 0. The molecule has 0 atom stereocenters. The van der Waals surface area contributed by atoms with Crippen molar-refractivity contribution in [3.8, 4) is 6.07 Å². The Labute approximate surface area is 76.3 Å². The molecular formula is C9H9N3O.